The molecule has 130 valence electrons. The van der Waals surface area contributed by atoms with Gasteiger partial charge in [-0.2, -0.15) is 0 Å². The molecule has 2 aromatic carbocycles. The van der Waals surface area contributed by atoms with E-state index in [1.54, 1.807) is 6.07 Å². The highest BCUT2D eigenvalue weighted by Crippen LogP contribution is 2.23. The topological polar surface area (TPSA) is 46.8 Å². The van der Waals surface area contributed by atoms with Gasteiger partial charge in [-0.05, 0) is 37.0 Å². The first kappa shape index (κ1) is 17.4. The predicted octanol–water partition coefficient (Wildman–Crippen LogP) is 3.67. The summed E-state index contributed by atoms with van der Waals surface area (Å²) in [5, 5.41) is 3.34. The van der Waals surface area contributed by atoms with Gasteiger partial charge in [0.15, 0.2) is 0 Å². The third-order valence-electron chi connectivity index (χ3n) is 5.10. The summed E-state index contributed by atoms with van der Waals surface area (Å²) in [6.45, 7) is 8.07. The number of aryl methyl sites for hydroxylation is 2. The van der Waals surface area contributed by atoms with E-state index >= 15 is 0 Å². The van der Waals surface area contributed by atoms with Crippen molar-refractivity contribution in [1.29, 1.82) is 0 Å². The van der Waals surface area contributed by atoms with Crippen LogP contribution in [-0.4, -0.2) is 6.54 Å². The number of quaternary nitrogens is 1. The Morgan fingerprint density at radius 1 is 1.08 bits per heavy atom. The Hall–Kier alpha value is -2.39. The zero-order chi connectivity index (χ0) is 17.8. The van der Waals surface area contributed by atoms with E-state index in [2.05, 4.69) is 54.7 Å². The fourth-order valence-electron chi connectivity index (χ4n) is 3.40. The van der Waals surface area contributed by atoms with E-state index < -0.39 is 0 Å². The van der Waals surface area contributed by atoms with Crippen LogP contribution in [0.2, 0.25) is 0 Å². The predicted molar refractivity (Wildman–Crippen MR) is 102 cm³/mol. The van der Waals surface area contributed by atoms with Gasteiger partial charge in [0.05, 0.1) is 6.54 Å². The summed E-state index contributed by atoms with van der Waals surface area (Å²) in [6, 6.07) is 16.4. The van der Waals surface area contributed by atoms with Crippen molar-refractivity contribution in [2.75, 3.05) is 6.54 Å². The molecule has 3 aromatic rings. The minimum Gasteiger partial charge on any atom is -0.422 e. The van der Waals surface area contributed by atoms with Crippen LogP contribution in [0.15, 0.2) is 57.7 Å². The second-order valence-corrected chi connectivity index (χ2v) is 6.72. The third kappa shape index (κ3) is 3.83. The van der Waals surface area contributed by atoms with E-state index in [1.807, 2.05) is 13.8 Å². The van der Waals surface area contributed by atoms with Crippen LogP contribution >= 0.6 is 0 Å². The minimum absolute atomic E-state index is 0.264. The lowest BCUT2D eigenvalue weighted by molar-refractivity contribution is -0.672. The molecule has 1 aromatic heterocycles. The molecule has 2 N–H and O–H groups in total. The summed E-state index contributed by atoms with van der Waals surface area (Å²) in [5.41, 5.74) is 5.09. The zero-order valence-corrected chi connectivity index (χ0v) is 15.2. The summed E-state index contributed by atoms with van der Waals surface area (Å²) in [5.74, 6) is 0.525. The van der Waals surface area contributed by atoms with Gasteiger partial charge >= 0.3 is 5.63 Å². The van der Waals surface area contributed by atoms with Crippen molar-refractivity contribution >= 4 is 11.0 Å². The molecule has 0 unspecified atom stereocenters. The molecule has 0 saturated heterocycles. The maximum Gasteiger partial charge on any atom is 0.336 e. The molecule has 0 aliphatic rings. The molecule has 3 rings (SSSR count). The van der Waals surface area contributed by atoms with E-state index in [1.165, 1.54) is 5.56 Å². The number of nitrogens with two attached hydrogens (primary N) is 1. The standard InChI is InChI=1S/C22H25NO2/c1-4-17(18-8-6-5-7-9-18)13-23-14-19-12-21(24)25-22-16(3)15(2)10-11-20(19)22/h5-12,17,23H,4,13-14H2,1-3H3/p+1/t17-/m1/s1. The zero-order valence-electron chi connectivity index (χ0n) is 15.2. The third-order valence-corrected chi connectivity index (χ3v) is 5.10. The van der Waals surface area contributed by atoms with Crippen LogP contribution in [0.4, 0.5) is 0 Å². The van der Waals surface area contributed by atoms with Gasteiger partial charge in [-0.15, -0.1) is 0 Å². The SMILES string of the molecule is CC[C@H](C[NH2+]Cc1cc(=O)oc2c(C)c(C)ccc12)c1ccccc1. The van der Waals surface area contributed by atoms with Crippen LogP contribution in [0, 0.1) is 13.8 Å². The second-order valence-electron chi connectivity index (χ2n) is 6.72. The number of fused-ring (bicyclic) bond motifs is 1. The quantitative estimate of drug-likeness (QED) is 0.698. The van der Waals surface area contributed by atoms with E-state index in [4.69, 9.17) is 4.42 Å². The second kappa shape index (κ2) is 7.66. The molecule has 1 atom stereocenters. The smallest absolute Gasteiger partial charge is 0.336 e. The van der Waals surface area contributed by atoms with Crippen molar-refractivity contribution in [2.24, 2.45) is 0 Å². The molecule has 0 amide bonds. The molecule has 0 saturated carbocycles. The summed E-state index contributed by atoms with van der Waals surface area (Å²) in [7, 11) is 0. The highest BCUT2D eigenvalue weighted by Gasteiger charge is 2.13. The number of hydrogen-bond acceptors (Lipinski definition) is 2. The van der Waals surface area contributed by atoms with Crippen molar-refractivity contribution in [2.45, 2.75) is 39.7 Å². The molecular weight excluding hydrogens is 310 g/mol. The van der Waals surface area contributed by atoms with E-state index in [0.29, 0.717) is 5.92 Å². The molecule has 0 radical (unpaired) electrons. The molecule has 25 heavy (non-hydrogen) atoms. The monoisotopic (exact) mass is 336 g/mol. The van der Waals surface area contributed by atoms with Gasteiger partial charge in [-0.1, -0.05) is 49.4 Å². The molecular formula is C22H26NO2+. The average molecular weight is 336 g/mol. The van der Waals surface area contributed by atoms with E-state index in [9.17, 15) is 4.79 Å². The van der Waals surface area contributed by atoms with Crippen LogP contribution in [0.5, 0.6) is 0 Å². The van der Waals surface area contributed by atoms with Gasteiger partial charge < -0.3 is 9.73 Å². The van der Waals surface area contributed by atoms with Gasteiger partial charge in [0.25, 0.3) is 0 Å². The van der Waals surface area contributed by atoms with Crippen molar-refractivity contribution in [3.8, 4) is 0 Å². The molecule has 3 nitrogen and oxygen atoms in total. The molecule has 0 spiro atoms. The first-order chi connectivity index (χ1) is 12.1. The van der Waals surface area contributed by atoms with Crippen molar-refractivity contribution in [1.82, 2.24) is 0 Å². The summed E-state index contributed by atoms with van der Waals surface area (Å²) < 4.78 is 5.46. The number of benzene rings is 2. The van der Waals surface area contributed by atoms with Gasteiger partial charge in [-0.3, -0.25) is 0 Å². The van der Waals surface area contributed by atoms with Crippen molar-refractivity contribution in [3.05, 3.63) is 81.2 Å². The largest absolute Gasteiger partial charge is 0.422 e. The maximum atomic E-state index is 12.0. The summed E-state index contributed by atoms with van der Waals surface area (Å²) >= 11 is 0. The van der Waals surface area contributed by atoms with E-state index in [-0.39, 0.29) is 5.63 Å². The summed E-state index contributed by atoms with van der Waals surface area (Å²) in [4.78, 5) is 12.0. The Morgan fingerprint density at radius 3 is 2.56 bits per heavy atom. The molecule has 0 aliphatic carbocycles. The van der Waals surface area contributed by atoms with Crippen molar-refractivity contribution < 1.29 is 9.73 Å². The van der Waals surface area contributed by atoms with Crippen LogP contribution in [0.3, 0.4) is 0 Å². The summed E-state index contributed by atoms with van der Waals surface area (Å²) in [6.07, 6.45) is 1.11. The molecule has 1 heterocycles. The average Bonchev–Trinajstić information content (AvgIpc) is 2.63. The fourth-order valence-corrected chi connectivity index (χ4v) is 3.40. The fraction of sp³-hybridized carbons (Fsp3) is 0.318. The Kier molecular flexibility index (Phi) is 5.34. The molecule has 3 heteroatoms. The molecule has 0 aliphatic heterocycles. The molecule has 0 fully saturated rings. The van der Waals surface area contributed by atoms with Crippen LogP contribution < -0.4 is 10.9 Å². The van der Waals surface area contributed by atoms with Gasteiger partial charge in [-0.25, -0.2) is 4.79 Å². The lowest BCUT2D eigenvalue weighted by Gasteiger charge is -2.14. The highest BCUT2D eigenvalue weighted by atomic mass is 16.4. The van der Waals surface area contributed by atoms with Gasteiger partial charge in [0.1, 0.15) is 12.1 Å². The van der Waals surface area contributed by atoms with Crippen LogP contribution in [-0.2, 0) is 6.54 Å². The molecule has 0 bridgehead atoms. The van der Waals surface area contributed by atoms with Gasteiger partial charge in [0, 0.05) is 22.9 Å². The highest BCUT2D eigenvalue weighted by molar-refractivity contribution is 5.83. The Labute approximate surface area is 148 Å². The number of hydrogen-bond donors (Lipinski definition) is 1. The number of rotatable bonds is 6. The Bertz CT molecular complexity index is 912. The first-order valence-electron chi connectivity index (χ1n) is 8.99. The van der Waals surface area contributed by atoms with E-state index in [0.717, 1.165) is 47.2 Å². The van der Waals surface area contributed by atoms with Crippen LogP contribution in [0.25, 0.3) is 11.0 Å². The van der Waals surface area contributed by atoms with Gasteiger partial charge in [0.2, 0.25) is 0 Å². The Morgan fingerprint density at radius 2 is 1.84 bits per heavy atom. The lowest BCUT2D eigenvalue weighted by atomic mass is 9.96. The minimum atomic E-state index is -0.264. The first-order valence-corrected chi connectivity index (χ1v) is 8.99. The van der Waals surface area contributed by atoms with Crippen LogP contribution in [0.1, 0.15) is 41.5 Å². The maximum absolute atomic E-state index is 12.0. The lowest BCUT2D eigenvalue weighted by Crippen LogP contribution is -2.83. The van der Waals surface area contributed by atoms with Crippen molar-refractivity contribution in [3.63, 3.8) is 0 Å². The normalized spacial score (nSPS) is 12.4. The Balaban J connectivity index is 1.79.